The van der Waals surface area contributed by atoms with Crippen molar-refractivity contribution < 1.29 is 38.1 Å². The molecule has 394 valence electrons. The van der Waals surface area contributed by atoms with Crippen LogP contribution in [0.15, 0.2) is 94.5 Å². The monoisotopic (exact) mass is 1040 g/mol. The number of imide groups is 1. The van der Waals surface area contributed by atoms with Gasteiger partial charge in [-0.2, -0.15) is 0 Å². The van der Waals surface area contributed by atoms with Gasteiger partial charge in [-0.05, 0) is 136 Å². The molecule has 6 heterocycles. The molecule has 4 fully saturated rings. The van der Waals surface area contributed by atoms with Crippen LogP contribution in [0.5, 0.6) is 17.2 Å². The van der Waals surface area contributed by atoms with E-state index in [1.165, 1.54) is 17.7 Å². The Bertz CT molecular complexity index is 3020. The van der Waals surface area contributed by atoms with Crippen molar-refractivity contribution in [3.05, 3.63) is 122 Å². The van der Waals surface area contributed by atoms with Crippen molar-refractivity contribution in [1.82, 2.24) is 34.6 Å². The van der Waals surface area contributed by atoms with Crippen LogP contribution in [-0.2, 0) is 20.9 Å². The third-order valence-electron chi connectivity index (χ3n) is 15.4. The molecule has 1 aliphatic carbocycles. The van der Waals surface area contributed by atoms with E-state index >= 15 is 0 Å². The number of carbonyl (C=O) groups excluding carboxylic acids is 3. The van der Waals surface area contributed by atoms with Gasteiger partial charge in [-0.3, -0.25) is 28.8 Å². The zero-order valence-corrected chi connectivity index (χ0v) is 42.8. The van der Waals surface area contributed by atoms with Gasteiger partial charge < -0.3 is 39.5 Å². The minimum absolute atomic E-state index is 0.00492. The summed E-state index contributed by atoms with van der Waals surface area (Å²) in [7, 11) is 0. The number of ketones is 1. The highest BCUT2D eigenvalue weighted by atomic mass is 35.5. The number of nitrogens with zero attached hydrogens (tertiary/aromatic N) is 3. The largest absolute Gasteiger partial charge is 0.493 e. The van der Waals surface area contributed by atoms with Crippen molar-refractivity contribution in [3.63, 3.8) is 0 Å². The molecular weight excluding hydrogens is 969 g/mol. The maximum absolute atomic E-state index is 13.2. The third-order valence-corrected chi connectivity index (χ3v) is 15.6. The van der Waals surface area contributed by atoms with Crippen molar-refractivity contribution in [2.45, 2.75) is 96.2 Å². The molecule has 74 heavy (non-hydrogen) atoms. The first-order chi connectivity index (χ1) is 35.8. The van der Waals surface area contributed by atoms with Gasteiger partial charge in [0.05, 0.1) is 34.8 Å². The number of ether oxygens (including phenoxy) is 3. The van der Waals surface area contributed by atoms with E-state index in [4.69, 9.17) is 25.8 Å². The van der Waals surface area contributed by atoms with Crippen molar-refractivity contribution in [3.8, 4) is 17.2 Å². The number of aryl methyl sites for hydroxylation is 1. The second-order valence-corrected chi connectivity index (χ2v) is 21.2. The second kappa shape index (κ2) is 23.9. The van der Waals surface area contributed by atoms with E-state index < -0.39 is 6.10 Å². The fourth-order valence-electron chi connectivity index (χ4n) is 11.7. The predicted octanol–water partition coefficient (Wildman–Crippen LogP) is 7.72. The van der Waals surface area contributed by atoms with E-state index in [2.05, 4.69) is 32.4 Å². The molecule has 5 N–H and O–H groups in total. The first-order valence-electron chi connectivity index (χ1n) is 26.1. The van der Waals surface area contributed by atoms with E-state index in [0.717, 1.165) is 104 Å². The summed E-state index contributed by atoms with van der Waals surface area (Å²) >= 11 is 6.05. The van der Waals surface area contributed by atoms with Crippen LogP contribution >= 0.6 is 11.6 Å². The number of H-pyrrole nitrogens is 2. The number of likely N-dealkylation sites (tertiary alicyclic amines) is 1. The average molecular weight is 1040 g/mol. The van der Waals surface area contributed by atoms with E-state index in [1.807, 2.05) is 82.8 Å². The number of benzene rings is 4. The average Bonchev–Trinajstić information content (AvgIpc) is 4.09. The number of hydrogen-bond donors (Lipinski definition) is 5. The smallest absolute Gasteiger partial charge is 0.326 e. The number of amides is 2. The summed E-state index contributed by atoms with van der Waals surface area (Å²) in [6, 6.07) is 26.0. The molecule has 1 saturated carbocycles. The number of halogens is 2. The minimum Gasteiger partial charge on any atom is -0.493 e. The topological polar surface area (TPSA) is 202 Å². The van der Waals surface area contributed by atoms with E-state index in [9.17, 15) is 33.5 Å². The number of aromatic amines is 2. The molecule has 6 aromatic rings. The predicted molar refractivity (Wildman–Crippen MR) is 280 cm³/mol. The van der Waals surface area contributed by atoms with Crippen LogP contribution in [0, 0.1) is 35.4 Å². The van der Waals surface area contributed by atoms with E-state index in [-0.39, 0.29) is 78.2 Å². The molecular formula is C56H67ClFN7O9. The summed E-state index contributed by atoms with van der Waals surface area (Å²) in [6.07, 6.45) is 5.53. The summed E-state index contributed by atoms with van der Waals surface area (Å²) in [5.41, 5.74) is 4.62. The summed E-state index contributed by atoms with van der Waals surface area (Å²) in [5, 5.41) is 16.6. The lowest BCUT2D eigenvalue weighted by atomic mass is 9.71. The normalized spacial score (nSPS) is 22.9. The SMILES string of the molecule is C[C@@H]1C[C@@H]([C@H](O)CC2CC(=O)NC(=O)C2)C(=O)[C@@H](C)C1.Fc1ccc([C@@H]2CCNC[C@H]2COc2ccc3c(c2)OCO3)cc1.O=c1[nH]c2ccccc2n1CCCN1CCC(n2c(=O)[nH]c3cc(Cl)ccc32)CC1. The number of aromatic nitrogens is 4. The number of para-hydroxylation sites is 2. The third kappa shape index (κ3) is 12.8. The number of imidazole rings is 2. The van der Waals surface area contributed by atoms with Gasteiger partial charge in [-0.15, -0.1) is 0 Å². The van der Waals surface area contributed by atoms with Gasteiger partial charge in [-0.1, -0.05) is 49.7 Å². The van der Waals surface area contributed by atoms with Gasteiger partial charge in [-0.25, -0.2) is 14.0 Å². The fourth-order valence-corrected chi connectivity index (χ4v) is 11.8. The van der Waals surface area contributed by atoms with Crippen LogP contribution < -0.4 is 36.2 Å². The zero-order chi connectivity index (χ0) is 51.9. The maximum atomic E-state index is 13.2. The zero-order valence-electron chi connectivity index (χ0n) is 42.0. The van der Waals surface area contributed by atoms with Crippen LogP contribution in [0.25, 0.3) is 22.1 Å². The Balaban J connectivity index is 0.000000140. The van der Waals surface area contributed by atoms with Crippen molar-refractivity contribution in [1.29, 1.82) is 0 Å². The van der Waals surface area contributed by atoms with Gasteiger partial charge in [0, 0.05) is 73.9 Å². The first kappa shape index (κ1) is 52.6. The quantitative estimate of drug-likeness (QED) is 0.0752. The lowest BCUT2D eigenvalue weighted by Gasteiger charge is -2.34. The lowest BCUT2D eigenvalue weighted by molar-refractivity contribution is -0.136. The molecule has 0 spiro atoms. The summed E-state index contributed by atoms with van der Waals surface area (Å²) < 4.78 is 33.6. The van der Waals surface area contributed by atoms with Crippen molar-refractivity contribution in [2.24, 2.45) is 29.6 Å². The van der Waals surface area contributed by atoms with Gasteiger partial charge in [0.1, 0.15) is 17.3 Å². The molecule has 0 bridgehead atoms. The van der Waals surface area contributed by atoms with Crippen LogP contribution in [0.1, 0.15) is 89.2 Å². The molecule has 3 saturated heterocycles. The molecule has 4 aliphatic heterocycles. The van der Waals surface area contributed by atoms with E-state index in [1.54, 1.807) is 6.07 Å². The highest BCUT2D eigenvalue weighted by Gasteiger charge is 2.38. The van der Waals surface area contributed by atoms with Crippen molar-refractivity contribution in [2.75, 3.05) is 46.1 Å². The number of fused-ring (bicyclic) bond motifs is 3. The fraction of sp³-hybridized carbons (Fsp3) is 0.482. The Labute approximate surface area is 433 Å². The molecule has 16 nitrogen and oxygen atoms in total. The van der Waals surface area contributed by atoms with Crippen LogP contribution in [0.4, 0.5) is 4.39 Å². The Hall–Kier alpha value is -6.27. The number of nitrogens with one attached hydrogen (secondary N) is 4. The summed E-state index contributed by atoms with van der Waals surface area (Å²) in [4.78, 5) is 67.8. The van der Waals surface area contributed by atoms with E-state index in [0.29, 0.717) is 48.8 Å². The number of hydrogen-bond acceptors (Lipinski definition) is 11. The summed E-state index contributed by atoms with van der Waals surface area (Å²) in [6.45, 7) is 10.3. The number of rotatable bonds is 12. The molecule has 0 unspecified atom stereocenters. The number of Topliss-reactive ketones (excluding diaryl/α,β-unsaturated/α-hetero) is 1. The van der Waals surface area contributed by atoms with Gasteiger partial charge in [0.25, 0.3) is 0 Å². The molecule has 6 atom stereocenters. The van der Waals surface area contributed by atoms with Gasteiger partial charge >= 0.3 is 11.4 Å². The lowest BCUT2D eigenvalue weighted by Crippen LogP contribution is -2.42. The number of aliphatic hydroxyl groups excluding tert-OH is 1. The Morgan fingerprint density at radius 1 is 0.811 bits per heavy atom. The van der Waals surface area contributed by atoms with Gasteiger partial charge in [0.15, 0.2) is 11.5 Å². The Morgan fingerprint density at radius 3 is 2.34 bits per heavy atom. The van der Waals surface area contributed by atoms with Gasteiger partial charge in [0.2, 0.25) is 18.6 Å². The highest BCUT2D eigenvalue weighted by Crippen LogP contribution is 2.38. The summed E-state index contributed by atoms with van der Waals surface area (Å²) in [5.74, 6) is 2.29. The number of carbonyl (C=O) groups is 3. The maximum Gasteiger partial charge on any atom is 0.326 e. The minimum atomic E-state index is -0.739. The second-order valence-electron chi connectivity index (χ2n) is 20.8. The molecule has 2 aromatic heterocycles. The molecule has 0 radical (unpaired) electrons. The molecule has 11 rings (SSSR count). The molecule has 5 aliphatic rings. The molecule has 18 heteroatoms. The molecule has 4 aromatic carbocycles. The number of aliphatic hydroxyl groups is 1. The van der Waals surface area contributed by atoms with Crippen LogP contribution in [0.2, 0.25) is 5.02 Å². The molecule has 2 amide bonds. The Morgan fingerprint density at radius 2 is 1.55 bits per heavy atom. The highest BCUT2D eigenvalue weighted by molar-refractivity contribution is 6.31. The van der Waals surface area contributed by atoms with Crippen LogP contribution in [-0.4, -0.2) is 98.9 Å². The first-order valence-corrected chi connectivity index (χ1v) is 26.5. The standard InChI is InChI=1S/C22H24ClN5O2.C19H20FNO3.C15H23NO4/c23-15-6-7-20-18(14-15)25-22(30)28(20)16-8-12-26(13-9-16)10-3-11-27-19-5-2-1-4-17(19)24-21(27)29;20-15-3-1-13(2-4-15)17-7-8-21-10-14(17)11-22-16-5-6-18-19(9-16)24-12-23-18;1-8-3-9(2)15(20)11(4-8)12(17)5-10-6-13(18)16-14(19)7-10/h1-2,4-7,14,16H,3,8-13H2,(H,24,29)(H,25,30);1-6,9,14,17,21H,7-8,10-12H2;8-12,17H,3-7H2,1-2H3,(H,16,18,19)/t;14-,17-;8-,9-,11-,12+/m.00/s1. The number of piperidine rings is 3. The van der Waals surface area contributed by atoms with Crippen LogP contribution in [0.3, 0.4) is 0 Å². The Kier molecular flexibility index (Phi) is 17.0. The van der Waals surface area contributed by atoms with Crippen molar-refractivity contribution >= 4 is 51.3 Å².